The Labute approximate surface area is 224 Å². The number of rotatable bonds is 7. The fraction of sp³-hybridized carbons (Fsp3) is 0.222. The highest BCUT2D eigenvalue weighted by Gasteiger charge is 2.22. The van der Waals surface area contributed by atoms with E-state index in [0.717, 1.165) is 17.8 Å². The van der Waals surface area contributed by atoms with Crippen molar-refractivity contribution in [1.29, 1.82) is 0 Å². The molecule has 7 nitrogen and oxygen atoms in total. The maximum atomic E-state index is 14.4. The molecule has 1 amide bonds. The molecule has 1 aliphatic carbocycles. The molecule has 0 saturated carbocycles. The number of hydrogen-bond acceptors (Lipinski definition) is 5. The Bertz CT molecular complexity index is 1510. The van der Waals surface area contributed by atoms with Gasteiger partial charge >= 0.3 is 5.97 Å². The Morgan fingerprint density at radius 3 is 2.46 bits per heavy atom. The number of pyridine rings is 1. The SMILES string of the molecule is CCOC(=O)c1cn(Cc2c(F)cccc2F)c2ccc(OC3=CC=C(NC(C)=O)CC3)c(I)c2c1=O. The first-order valence-corrected chi connectivity index (χ1v) is 12.6. The molecule has 4 rings (SSSR count). The summed E-state index contributed by atoms with van der Waals surface area (Å²) >= 11 is 1.96. The number of aromatic nitrogens is 1. The lowest BCUT2D eigenvalue weighted by Crippen LogP contribution is -2.22. The molecule has 1 N–H and O–H groups in total. The summed E-state index contributed by atoms with van der Waals surface area (Å²) < 4.78 is 41.9. The summed E-state index contributed by atoms with van der Waals surface area (Å²) in [6.45, 7) is 2.86. The molecule has 3 aromatic rings. The Morgan fingerprint density at radius 1 is 1.11 bits per heavy atom. The van der Waals surface area contributed by atoms with E-state index in [2.05, 4.69) is 5.32 Å². The van der Waals surface area contributed by atoms with Crippen LogP contribution in [0.3, 0.4) is 0 Å². The van der Waals surface area contributed by atoms with Gasteiger partial charge in [0.05, 0.1) is 27.6 Å². The van der Waals surface area contributed by atoms with Gasteiger partial charge in [-0.1, -0.05) is 6.07 Å². The highest BCUT2D eigenvalue weighted by atomic mass is 127. The van der Waals surface area contributed by atoms with E-state index in [9.17, 15) is 23.2 Å². The van der Waals surface area contributed by atoms with Crippen molar-refractivity contribution in [3.63, 3.8) is 0 Å². The van der Waals surface area contributed by atoms with E-state index in [1.54, 1.807) is 31.2 Å². The van der Waals surface area contributed by atoms with Crippen LogP contribution in [0.4, 0.5) is 8.78 Å². The summed E-state index contributed by atoms with van der Waals surface area (Å²) in [5.74, 6) is -1.45. The van der Waals surface area contributed by atoms with Gasteiger partial charge in [0.1, 0.15) is 28.7 Å². The standard InChI is InChI=1S/C27H23F2IN2O5/c1-3-36-27(35)19-14-32(13-18-20(28)5-4-6-21(18)29)22-11-12-23(25(30)24(22)26(19)34)37-17-9-7-16(8-10-17)31-15(2)33/h4-7,9,11-12,14H,3,8,10,13H2,1-2H3,(H,31,33). The van der Waals surface area contributed by atoms with Gasteiger partial charge in [0.25, 0.3) is 0 Å². The van der Waals surface area contributed by atoms with E-state index in [-0.39, 0.29) is 35.6 Å². The fourth-order valence-corrected chi connectivity index (χ4v) is 4.82. The van der Waals surface area contributed by atoms with Crippen molar-refractivity contribution < 1.29 is 27.8 Å². The van der Waals surface area contributed by atoms with Crippen LogP contribution in [0, 0.1) is 15.2 Å². The lowest BCUT2D eigenvalue weighted by atomic mass is 10.1. The minimum absolute atomic E-state index is 0.0562. The van der Waals surface area contributed by atoms with Gasteiger partial charge in [-0.3, -0.25) is 9.59 Å². The number of amides is 1. The van der Waals surface area contributed by atoms with Gasteiger partial charge < -0.3 is 19.4 Å². The van der Waals surface area contributed by atoms with Crippen molar-refractivity contribution in [2.45, 2.75) is 33.2 Å². The number of fused-ring (bicyclic) bond motifs is 1. The molecule has 1 aliphatic rings. The molecule has 1 aromatic heterocycles. The van der Waals surface area contributed by atoms with Gasteiger partial charge in [-0.25, -0.2) is 13.6 Å². The second-order valence-corrected chi connectivity index (χ2v) is 9.38. The van der Waals surface area contributed by atoms with E-state index in [0.29, 0.717) is 33.4 Å². The molecule has 2 aromatic carbocycles. The van der Waals surface area contributed by atoms with Gasteiger partial charge in [-0.2, -0.15) is 0 Å². The van der Waals surface area contributed by atoms with Crippen LogP contribution in [0.15, 0.2) is 64.9 Å². The molecule has 0 spiro atoms. The Kier molecular flexibility index (Phi) is 8.06. The summed E-state index contributed by atoms with van der Waals surface area (Å²) in [5, 5.41) is 2.92. The van der Waals surface area contributed by atoms with Crippen molar-refractivity contribution >= 4 is 45.4 Å². The number of carbonyl (C=O) groups excluding carboxylic acids is 2. The Balaban J connectivity index is 1.82. The zero-order valence-electron chi connectivity index (χ0n) is 20.1. The number of nitrogens with one attached hydrogen (secondary N) is 1. The number of esters is 1. The Morgan fingerprint density at radius 2 is 1.84 bits per heavy atom. The van der Waals surface area contributed by atoms with Gasteiger partial charge in [0.2, 0.25) is 11.3 Å². The maximum absolute atomic E-state index is 14.4. The number of hydrogen-bond donors (Lipinski definition) is 1. The van der Waals surface area contributed by atoms with Crippen molar-refractivity contribution in [2.24, 2.45) is 0 Å². The first-order valence-electron chi connectivity index (χ1n) is 11.5. The molecule has 0 unspecified atom stereocenters. The van der Waals surface area contributed by atoms with E-state index >= 15 is 0 Å². The minimum atomic E-state index is -0.829. The van der Waals surface area contributed by atoms with Crippen molar-refractivity contribution in [3.05, 3.63) is 96.7 Å². The third kappa shape index (κ3) is 5.74. The van der Waals surface area contributed by atoms with E-state index in [4.69, 9.17) is 9.47 Å². The molecule has 0 bridgehead atoms. The number of ether oxygens (including phenoxy) is 2. The van der Waals surface area contributed by atoms with Crippen LogP contribution in [0.5, 0.6) is 5.75 Å². The highest BCUT2D eigenvalue weighted by Crippen LogP contribution is 2.32. The third-order valence-electron chi connectivity index (χ3n) is 5.72. The second kappa shape index (κ2) is 11.2. The monoisotopic (exact) mass is 620 g/mol. The number of benzene rings is 2. The number of carbonyl (C=O) groups is 2. The van der Waals surface area contributed by atoms with Crippen molar-refractivity contribution in [1.82, 2.24) is 9.88 Å². The van der Waals surface area contributed by atoms with E-state index in [1.165, 1.54) is 23.8 Å². The zero-order chi connectivity index (χ0) is 26.7. The molecule has 37 heavy (non-hydrogen) atoms. The maximum Gasteiger partial charge on any atom is 0.343 e. The zero-order valence-corrected chi connectivity index (χ0v) is 22.2. The average molecular weight is 620 g/mol. The number of halogens is 3. The fourth-order valence-electron chi connectivity index (χ4n) is 4.01. The predicted octanol–water partition coefficient (Wildman–Crippen LogP) is 5.19. The molecular formula is C27H23F2IN2O5. The highest BCUT2D eigenvalue weighted by molar-refractivity contribution is 14.1. The van der Waals surface area contributed by atoms with Crippen molar-refractivity contribution in [2.75, 3.05) is 6.61 Å². The molecular weight excluding hydrogens is 597 g/mol. The van der Waals surface area contributed by atoms with Crippen LogP contribution in [0.1, 0.15) is 42.6 Å². The molecule has 10 heteroatoms. The van der Waals surface area contributed by atoms with Crippen molar-refractivity contribution in [3.8, 4) is 5.75 Å². The summed E-state index contributed by atoms with van der Waals surface area (Å²) in [6.07, 6.45) is 5.86. The predicted molar refractivity (Wildman–Crippen MR) is 142 cm³/mol. The van der Waals surface area contributed by atoms with Gasteiger partial charge in [0.15, 0.2) is 0 Å². The summed E-state index contributed by atoms with van der Waals surface area (Å²) in [4.78, 5) is 37.3. The quantitative estimate of drug-likeness (QED) is 0.291. The van der Waals surface area contributed by atoms with Crippen LogP contribution in [0.2, 0.25) is 0 Å². The lowest BCUT2D eigenvalue weighted by molar-refractivity contribution is -0.118. The first kappa shape index (κ1) is 26.5. The van der Waals surface area contributed by atoms with Crippen LogP contribution in [-0.4, -0.2) is 23.1 Å². The number of nitrogens with zero attached hydrogens (tertiary/aromatic N) is 1. The molecule has 0 atom stereocenters. The second-order valence-electron chi connectivity index (χ2n) is 8.30. The van der Waals surface area contributed by atoms with E-state index in [1.807, 2.05) is 22.6 Å². The Hall–Kier alpha value is -3.54. The third-order valence-corrected chi connectivity index (χ3v) is 6.80. The minimum Gasteiger partial charge on any atom is -0.462 e. The van der Waals surface area contributed by atoms with Crippen LogP contribution >= 0.6 is 22.6 Å². The lowest BCUT2D eigenvalue weighted by Gasteiger charge is -2.19. The number of allylic oxidation sites excluding steroid dienone is 4. The summed E-state index contributed by atoms with van der Waals surface area (Å²) in [7, 11) is 0. The molecule has 1 heterocycles. The van der Waals surface area contributed by atoms with Crippen LogP contribution in [-0.2, 0) is 16.1 Å². The largest absolute Gasteiger partial charge is 0.462 e. The first-order chi connectivity index (χ1) is 17.7. The van der Waals surface area contributed by atoms with E-state index < -0.39 is 23.0 Å². The van der Waals surface area contributed by atoms with Gasteiger partial charge in [0, 0.05) is 30.8 Å². The summed E-state index contributed by atoms with van der Waals surface area (Å²) in [6, 6.07) is 6.84. The molecule has 0 saturated heterocycles. The van der Waals surface area contributed by atoms with Crippen LogP contribution < -0.4 is 15.5 Å². The average Bonchev–Trinajstić information content (AvgIpc) is 2.85. The summed E-state index contributed by atoms with van der Waals surface area (Å²) in [5.41, 5.74) is 0.130. The molecule has 0 aliphatic heterocycles. The smallest absolute Gasteiger partial charge is 0.343 e. The van der Waals surface area contributed by atoms with Gasteiger partial charge in [-0.15, -0.1) is 0 Å². The van der Waals surface area contributed by atoms with Gasteiger partial charge in [-0.05, 0) is 72.4 Å². The topological polar surface area (TPSA) is 86.6 Å². The normalized spacial score (nSPS) is 13.1. The molecule has 0 fully saturated rings. The molecule has 192 valence electrons. The van der Waals surface area contributed by atoms with Crippen LogP contribution in [0.25, 0.3) is 10.9 Å². The molecule has 0 radical (unpaired) electrons.